The van der Waals surface area contributed by atoms with E-state index in [0.29, 0.717) is 0 Å². The van der Waals surface area contributed by atoms with Crippen LogP contribution in [0.25, 0.3) is 11.2 Å². The molecule has 2 aromatic rings. The highest BCUT2D eigenvalue weighted by molar-refractivity contribution is 5.81. The van der Waals surface area contributed by atoms with Crippen molar-refractivity contribution in [2.24, 2.45) is 0 Å². The highest BCUT2D eigenvalue weighted by atomic mass is 19.1. The molecular weight excluding hydrogens is 276 g/mol. The van der Waals surface area contributed by atoms with Crippen molar-refractivity contribution in [1.82, 2.24) is 19.5 Å². The van der Waals surface area contributed by atoms with Crippen molar-refractivity contribution < 1.29 is 23.7 Å². The van der Waals surface area contributed by atoms with Crippen molar-refractivity contribution in [3.63, 3.8) is 0 Å². The minimum absolute atomic E-state index is 0.0358. The lowest BCUT2D eigenvalue weighted by Crippen LogP contribution is -2.27. The molecule has 1 saturated heterocycles. The van der Waals surface area contributed by atoms with Crippen LogP contribution in [0.3, 0.4) is 0 Å². The molecule has 2 unspecified atom stereocenters. The molecular formula is C10H9F2N5O3. The third-order valence-electron chi connectivity index (χ3n) is 2.97. The molecule has 0 amide bonds. The molecule has 1 fully saturated rings. The predicted octanol–water partition coefficient (Wildman–Crippen LogP) is -0.391. The van der Waals surface area contributed by atoms with E-state index in [9.17, 15) is 19.0 Å². The average molecular weight is 285 g/mol. The van der Waals surface area contributed by atoms with Gasteiger partial charge < -0.3 is 20.7 Å². The molecule has 0 spiro atoms. The highest BCUT2D eigenvalue weighted by Gasteiger charge is 2.42. The minimum atomic E-state index is -1.54. The Balaban J connectivity index is 2.12. The maximum Gasteiger partial charge on any atom is 0.312 e. The average Bonchev–Trinajstić information content (AvgIpc) is 2.93. The summed E-state index contributed by atoms with van der Waals surface area (Å²) in [4.78, 5) is 10.7. The van der Waals surface area contributed by atoms with Crippen LogP contribution in [-0.4, -0.2) is 41.9 Å². The van der Waals surface area contributed by atoms with Crippen LogP contribution >= 0.6 is 0 Å². The molecule has 0 radical (unpaired) electrons. The number of fused-ring (bicyclic) bond motifs is 1. The second-order valence-electron chi connectivity index (χ2n) is 4.16. The Hall–Kier alpha value is -2.33. The number of ether oxygens (including phenoxy) is 1. The Morgan fingerprint density at radius 2 is 2.15 bits per heavy atom. The van der Waals surface area contributed by atoms with E-state index in [1.807, 2.05) is 0 Å². The Morgan fingerprint density at radius 1 is 1.40 bits per heavy atom. The summed E-state index contributed by atoms with van der Waals surface area (Å²) < 4.78 is 31.9. The Labute approximate surface area is 110 Å². The molecule has 3 heterocycles. The van der Waals surface area contributed by atoms with E-state index in [0.717, 1.165) is 4.57 Å². The summed E-state index contributed by atoms with van der Waals surface area (Å²) in [5, 5.41) is 19.4. The summed E-state index contributed by atoms with van der Waals surface area (Å²) in [7, 11) is 0. The van der Waals surface area contributed by atoms with Crippen molar-refractivity contribution in [2.75, 3.05) is 5.73 Å². The lowest BCUT2D eigenvalue weighted by molar-refractivity contribution is -0.0120. The SMILES string of the molecule is Nc1nc(F)nc2c1ncn2[C@@H]1O/C(=C/F)C(O)C1O. The zero-order valence-electron chi connectivity index (χ0n) is 9.81. The van der Waals surface area contributed by atoms with Crippen LogP contribution in [0.4, 0.5) is 14.6 Å². The number of aliphatic hydroxyl groups is 2. The van der Waals surface area contributed by atoms with Gasteiger partial charge in [-0.3, -0.25) is 4.57 Å². The number of imidazole rings is 1. The molecule has 0 saturated carbocycles. The fraction of sp³-hybridized carbons (Fsp3) is 0.300. The first-order valence-corrected chi connectivity index (χ1v) is 5.51. The van der Waals surface area contributed by atoms with Gasteiger partial charge in [-0.1, -0.05) is 0 Å². The quantitative estimate of drug-likeness (QED) is 0.610. The van der Waals surface area contributed by atoms with E-state index < -0.39 is 30.3 Å². The first-order valence-electron chi connectivity index (χ1n) is 5.51. The van der Waals surface area contributed by atoms with Gasteiger partial charge in [-0.2, -0.15) is 14.4 Å². The minimum Gasteiger partial charge on any atom is -0.466 e. The summed E-state index contributed by atoms with van der Waals surface area (Å²) in [6, 6.07) is 0. The molecule has 0 bridgehead atoms. The van der Waals surface area contributed by atoms with Crippen molar-refractivity contribution in [3.8, 4) is 0 Å². The zero-order chi connectivity index (χ0) is 14.4. The smallest absolute Gasteiger partial charge is 0.312 e. The standard InChI is InChI=1S/C10H9F2N5O3/c11-1-3-5(18)6(19)9(20-3)17-2-14-4-7(13)15-10(12)16-8(4)17/h1-2,5-6,9,18-19H,(H2,13,15,16)/b3-1+/t5?,6?,9-/m1/s1. The van der Waals surface area contributed by atoms with Crippen LogP contribution in [0.1, 0.15) is 6.23 Å². The van der Waals surface area contributed by atoms with Gasteiger partial charge in [-0.15, -0.1) is 0 Å². The van der Waals surface area contributed by atoms with Crippen molar-refractivity contribution in [3.05, 3.63) is 24.5 Å². The largest absolute Gasteiger partial charge is 0.466 e. The van der Waals surface area contributed by atoms with Crippen LogP contribution < -0.4 is 5.73 Å². The molecule has 10 heteroatoms. The summed E-state index contributed by atoms with van der Waals surface area (Å²) in [5.74, 6) is -0.618. The number of aliphatic hydroxyl groups excluding tert-OH is 2. The van der Waals surface area contributed by atoms with Gasteiger partial charge in [0.15, 0.2) is 22.7 Å². The van der Waals surface area contributed by atoms with Crippen LogP contribution in [-0.2, 0) is 4.74 Å². The van der Waals surface area contributed by atoms with Gasteiger partial charge in [-0.05, 0) is 0 Å². The molecule has 3 rings (SSSR count). The van der Waals surface area contributed by atoms with E-state index in [1.54, 1.807) is 0 Å². The van der Waals surface area contributed by atoms with Gasteiger partial charge in [0.1, 0.15) is 24.9 Å². The second-order valence-corrected chi connectivity index (χ2v) is 4.16. The molecule has 106 valence electrons. The van der Waals surface area contributed by atoms with Gasteiger partial charge in [0.05, 0.1) is 0 Å². The first-order chi connectivity index (χ1) is 9.52. The van der Waals surface area contributed by atoms with Crippen LogP contribution in [0.5, 0.6) is 0 Å². The van der Waals surface area contributed by atoms with Gasteiger partial charge in [0.25, 0.3) is 0 Å². The lowest BCUT2D eigenvalue weighted by atomic mass is 10.2. The summed E-state index contributed by atoms with van der Waals surface area (Å²) >= 11 is 0. The molecule has 0 aromatic carbocycles. The summed E-state index contributed by atoms with van der Waals surface area (Å²) in [6.45, 7) is 0. The number of anilines is 1. The number of nitrogen functional groups attached to an aromatic ring is 1. The van der Waals surface area contributed by atoms with Gasteiger partial charge in [0.2, 0.25) is 6.23 Å². The van der Waals surface area contributed by atoms with Crippen molar-refractivity contribution in [1.29, 1.82) is 0 Å². The topological polar surface area (TPSA) is 119 Å². The van der Waals surface area contributed by atoms with E-state index in [1.165, 1.54) is 6.33 Å². The van der Waals surface area contributed by atoms with Crippen LogP contribution in [0.15, 0.2) is 18.4 Å². The van der Waals surface area contributed by atoms with E-state index in [-0.39, 0.29) is 23.3 Å². The molecule has 1 aliphatic rings. The zero-order valence-corrected chi connectivity index (χ0v) is 9.81. The van der Waals surface area contributed by atoms with Gasteiger partial charge in [-0.25, -0.2) is 9.37 Å². The molecule has 4 N–H and O–H groups in total. The van der Waals surface area contributed by atoms with E-state index in [2.05, 4.69) is 15.0 Å². The lowest BCUT2D eigenvalue weighted by Gasteiger charge is -2.15. The number of hydrogen-bond acceptors (Lipinski definition) is 7. The predicted molar refractivity (Wildman–Crippen MR) is 61.0 cm³/mol. The Kier molecular flexibility index (Phi) is 2.76. The number of rotatable bonds is 1. The van der Waals surface area contributed by atoms with Gasteiger partial charge >= 0.3 is 6.08 Å². The third-order valence-corrected chi connectivity index (χ3v) is 2.97. The molecule has 1 aliphatic heterocycles. The Morgan fingerprint density at radius 3 is 2.80 bits per heavy atom. The summed E-state index contributed by atoms with van der Waals surface area (Å²) in [5.41, 5.74) is 5.56. The number of aromatic nitrogens is 4. The number of halogens is 2. The number of hydrogen-bond donors (Lipinski definition) is 3. The van der Waals surface area contributed by atoms with Crippen LogP contribution in [0.2, 0.25) is 0 Å². The number of nitrogens with zero attached hydrogens (tertiary/aromatic N) is 4. The van der Waals surface area contributed by atoms with Crippen molar-refractivity contribution in [2.45, 2.75) is 18.4 Å². The molecule has 2 aromatic heterocycles. The fourth-order valence-corrected chi connectivity index (χ4v) is 2.01. The van der Waals surface area contributed by atoms with Gasteiger partial charge in [0, 0.05) is 0 Å². The second kappa shape index (κ2) is 4.35. The highest BCUT2D eigenvalue weighted by Crippen LogP contribution is 2.34. The number of nitrogens with two attached hydrogens (primary N) is 1. The molecule has 20 heavy (non-hydrogen) atoms. The van der Waals surface area contributed by atoms with E-state index in [4.69, 9.17) is 10.5 Å². The fourth-order valence-electron chi connectivity index (χ4n) is 2.01. The normalized spacial score (nSPS) is 28.2. The maximum atomic E-state index is 13.2. The molecule has 3 atom stereocenters. The van der Waals surface area contributed by atoms with Crippen LogP contribution in [0, 0.1) is 6.08 Å². The molecule has 0 aliphatic carbocycles. The molecule has 8 nitrogen and oxygen atoms in total. The third kappa shape index (κ3) is 1.69. The maximum absolute atomic E-state index is 13.2. The Bertz CT molecular complexity index is 704. The first kappa shape index (κ1) is 12.7. The van der Waals surface area contributed by atoms with E-state index >= 15 is 0 Å². The summed E-state index contributed by atoms with van der Waals surface area (Å²) in [6.07, 6.45) is -4.06. The monoisotopic (exact) mass is 285 g/mol. The van der Waals surface area contributed by atoms with Crippen molar-refractivity contribution >= 4 is 17.0 Å².